The van der Waals surface area contributed by atoms with E-state index >= 15 is 0 Å². The molecule has 192 valence electrons. The second-order valence-corrected chi connectivity index (χ2v) is 12.2. The molecule has 2 aromatic rings. The zero-order chi connectivity index (χ0) is 26.6. The van der Waals surface area contributed by atoms with Crippen molar-refractivity contribution in [3.63, 3.8) is 0 Å². The lowest BCUT2D eigenvalue weighted by atomic mass is 10.1. The lowest BCUT2D eigenvalue weighted by Crippen LogP contribution is -2.55. The number of sulfonamides is 1. The first kappa shape index (κ1) is 28.9. The van der Waals surface area contributed by atoms with Crippen molar-refractivity contribution in [2.45, 2.75) is 59.2 Å². The van der Waals surface area contributed by atoms with Crippen LogP contribution in [0.5, 0.6) is 0 Å². The van der Waals surface area contributed by atoms with E-state index < -0.39 is 34.1 Å². The van der Waals surface area contributed by atoms with Crippen molar-refractivity contribution in [1.29, 1.82) is 0 Å². The molecule has 0 aliphatic heterocycles. The van der Waals surface area contributed by atoms with E-state index in [0.717, 1.165) is 10.6 Å². The van der Waals surface area contributed by atoms with Gasteiger partial charge in [-0.2, -0.15) is 0 Å². The van der Waals surface area contributed by atoms with Crippen molar-refractivity contribution in [2.75, 3.05) is 17.1 Å². The van der Waals surface area contributed by atoms with Crippen LogP contribution in [-0.4, -0.2) is 49.5 Å². The van der Waals surface area contributed by atoms with Gasteiger partial charge in [-0.05, 0) is 63.4 Å². The van der Waals surface area contributed by atoms with Crippen LogP contribution >= 0.6 is 23.2 Å². The Morgan fingerprint density at radius 2 is 1.63 bits per heavy atom. The largest absolute Gasteiger partial charge is 0.350 e. The van der Waals surface area contributed by atoms with Gasteiger partial charge in [-0.25, -0.2) is 8.42 Å². The number of rotatable bonds is 9. The number of nitrogens with zero attached hydrogens (tertiary/aromatic N) is 2. The van der Waals surface area contributed by atoms with E-state index in [1.54, 1.807) is 56.3 Å². The van der Waals surface area contributed by atoms with E-state index in [2.05, 4.69) is 5.32 Å². The lowest BCUT2D eigenvalue weighted by Gasteiger charge is -2.35. The Morgan fingerprint density at radius 1 is 1.03 bits per heavy atom. The van der Waals surface area contributed by atoms with Gasteiger partial charge in [0.15, 0.2) is 0 Å². The first-order valence-corrected chi connectivity index (χ1v) is 13.8. The monoisotopic (exact) mass is 541 g/mol. The summed E-state index contributed by atoms with van der Waals surface area (Å²) in [5, 5.41) is 3.75. The van der Waals surface area contributed by atoms with Crippen LogP contribution in [-0.2, 0) is 26.2 Å². The molecule has 0 aromatic heterocycles. The Balaban J connectivity index is 2.52. The Labute approximate surface area is 218 Å². The SMILES string of the molecule is CC[C@@H](C(=O)NC(C)(C)C)N(Cc1ccccc1Cl)C(=O)CN(c1cccc(Cl)c1C)S(C)(=O)=O. The number of carbonyl (C=O) groups is 2. The van der Waals surface area contributed by atoms with Crippen LogP contribution < -0.4 is 9.62 Å². The second kappa shape index (κ2) is 11.6. The van der Waals surface area contributed by atoms with Crippen LogP contribution in [0.25, 0.3) is 0 Å². The maximum absolute atomic E-state index is 13.7. The fraction of sp³-hybridized carbons (Fsp3) is 0.440. The summed E-state index contributed by atoms with van der Waals surface area (Å²) in [4.78, 5) is 28.3. The first-order valence-electron chi connectivity index (χ1n) is 11.2. The first-order chi connectivity index (χ1) is 16.2. The molecular weight excluding hydrogens is 509 g/mol. The van der Waals surface area contributed by atoms with E-state index in [4.69, 9.17) is 23.2 Å². The highest BCUT2D eigenvalue weighted by Gasteiger charge is 2.33. The zero-order valence-electron chi connectivity index (χ0n) is 20.9. The third-order valence-electron chi connectivity index (χ3n) is 5.37. The summed E-state index contributed by atoms with van der Waals surface area (Å²) in [6.45, 7) is 8.59. The molecule has 0 aliphatic rings. The number of nitrogens with one attached hydrogen (secondary N) is 1. The fourth-order valence-corrected chi connectivity index (χ4v) is 4.91. The Morgan fingerprint density at radius 3 is 2.17 bits per heavy atom. The fourth-order valence-electron chi connectivity index (χ4n) is 3.64. The van der Waals surface area contributed by atoms with Gasteiger partial charge in [0.05, 0.1) is 11.9 Å². The van der Waals surface area contributed by atoms with E-state index in [-0.39, 0.29) is 12.5 Å². The molecule has 1 atom stereocenters. The van der Waals surface area contributed by atoms with Gasteiger partial charge in [-0.3, -0.25) is 13.9 Å². The summed E-state index contributed by atoms with van der Waals surface area (Å²) in [5.74, 6) is -0.865. The van der Waals surface area contributed by atoms with Crippen molar-refractivity contribution in [3.8, 4) is 0 Å². The Hall–Kier alpha value is -2.29. The molecule has 0 saturated heterocycles. The van der Waals surface area contributed by atoms with Crippen LogP contribution in [0.3, 0.4) is 0 Å². The second-order valence-electron chi connectivity index (χ2n) is 9.43. The molecule has 2 rings (SSSR count). The van der Waals surface area contributed by atoms with Crippen molar-refractivity contribution >= 4 is 50.7 Å². The summed E-state index contributed by atoms with van der Waals surface area (Å²) in [5.41, 5.74) is 0.968. The molecule has 2 amide bonds. The van der Waals surface area contributed by atoms with E-state index in [1.807, 2.05) is 20.8 Å². The van der Waals surface area contributed by atoms with Gasteiger partial charge in [0.1, 0.15) is 12.6 Å². The number of amides is 2. The molecule has 0 bridgehead atoms. The summed E-state index contributed by atoms with van der Waals surface area (Å²) < 4.78 is 26.5. The Bertz CT molecular complexity index is 1180. The molecule has 0 radical (unpaired) electrons. The van der Waals surface area contributed by atoms with Crippen LogP contribution in [0.4, 0.5) is 5.69 Å². The molecule has 10 heteroatoms. The molecule has 0 unspecified atom stereocenters. The van der Waals surface area contributed by atoms with Gasteiger partial charge in [0, 0.05) is 22.1 Å². The van der Waals surface area contributed by atoms with Crippen LogP contribution in [0, 0.1) is 6.92 Å². The minimum Gasteiger partial charge on any atom is -0.350 e. The number of hydrogen-bond donors (Lipinski definition) is 1. The number of halogens is 2. The highest BCUT2D eigenvalue weighted by atomic mass is 35.5. The lowest BCUT2D eigenvalue weighted by molar-refractivity contribution is -0.141. The number of hydrogen-bond acceptors (Lipinski definition) is 4. The molecule has 0 heterocycles. The van der Waals surface area contributed by atoms with Gasteiger partial charge in [-0.15, -0.1) is 0 Å². The van der Waals surface area contributed by atoms with Crippen LogP contribution in [0.1, 0.15) is 45.2 Å². The van der Waals surface area contributed by atoms with Gasteiger partial charge in [-0.1, -0.05) is 54.4 Å². The summed E-state index contributed by atoms with van der Waals surface area (Å²) in [6.07, 6.45) is 1.36. The molecule has 35 heavy (non-hydrogen) atoms. The number of benzene rings is 2. The summed E-state index contributed by atoms with van der Waals surface area (Å²) in [6, 6.07) is 11.1. The topological polar surface area (TPSA) is 86.8 Å². The van der Waals surface area contributed by atoms with Crippen LogP contribution in [0.15, 0.2) is 42.5 Å². The van der Waals surface area contributed by atoms with Gasteiger partial charge < -0.3 is 10.2 Å². The van der Waals surface area contributed by atoms with Crippen molar-refractivity contribution in [2.24, 2.45) is 0 Å². The molecule has 0 fully saturated rings. The highest BCUT2D eigenvalue weighted by molar-refractivity contribution is 7.92. The molecule has 7 nitrogen and oxygen atoms in total. The Kier molecular flexibility index (Phi) is 9.62. The maximum atomic E-state index is 13.7. The standard InChI is InChI=1S/C25H33Cl2N3O4S/c1-7-21(24(32)28-25(3,4)5)29(15-18-11-8-9-12-20(18)27)23(31)16-30(35(6,33)34)22-14-10-13-19(26)17(22)2/h8-14,21H,7,15-16H2,1-6H3,(H,28,32)/t21-/m0/s1. The third kappa shape index (κ3) is 7.85. The molecular formula is C25H33Cl2N3O4S. The third-order valence-corrected chi connectivity index (χ3v) is 7.27. The van der Waals surface area contributed by atoms with Gasteiger partial charge >= 0.3 is 0 Å². The van der Waals surface area contributed by atoms with Crippen molar-refractivity contribution < 1.29 is 18.0 Å². The summed E-state index contributed by atoms with van der Waals surface area (Å²) >= 11 is 12.6. The molecule has 2 aromatic carbocycles. The number of anilines is 1. The predicted octanol–water partition coefficient (Wildman–Crippen LogP) is 4.79. The molecule has 0 aliphatic carbocycles. The summed E-state index contributed by atoms with van der Waals surface area (Å²) in [7, 11) is -3.85. The van der Waals surface area contributed by atoms with Crippen molar-refractivity contribution in [1.82, 2.24) is 10.2 Å². The van der Waals surface area contributed by atoms with E-state index in [1.165, 1.54) is 4.90 Å². The van der Waals surface area contributed by atoms with Crippen LogP contribution in [0.2, 0.25) is 10.0 Å². The quantitative estimate of drug-likeness (QED) is 0.494. The average Bonchev–Trinajstić information content (AvgIpc) is 2.73. The molecule has 0 spiro atoms. The van der Waals surface area contributed by atoms with E-state index in [9.17, 15) is 18.0 Å². The van der Waals surface area contributed by atoms with Crippen molar-refractivity contribution in [3.05, 3.63) is 63.6 Å². The average molecular weight is 543 g/mol. The predicted molar refractivity (Wildman–Crippen MR) is 142 cm³/mol. The minimum atomic E-state index is -3.85. The normalized spacial score (nSPS) is 12.7. The zero-order valence-corrected chi connectivity index (χ0v) is 23.3. The minimum absolute atomic E-state index is 0.0424. The van der Waals surface area contributed by atoms with E-state index in [0.29, 0.717) is 33.3 Å². The van der Waals surface area contributed by atoms with Gasteiger partial charge in [0.25, 0.3) is 0 Å². The van der Waals surface area contributed by atoms with Gasteiger partial charge in [0.2, 0.25) is 21.8 Å². The smallest absolute Gasteiger partial charge is 0.244 e. The molecule has 0 saturated carbocycles. The number of carbonyl (C=O) groups excluding carboxylic acids is 2. The highest BCUT2D eigenvalue weighted by Crippen LogP contribution is 2.29. The maximum Gasteiger partial charge on any atom is 0.244 e. The molecule has 1 N–H and O–H groups in total.